The third-order valence-electron chi connectivity index (χ3n) is 3.52. The van der Waals surface area contributed by atoms with Gasteiger partial charge in [-0.2, -0.15) is 5.26 Å². The average Bonchev–Trinajstić information content (AvgIpc) is 2.82. The molecule has 3 atom stereocenters. The van der Waals surface area contributed by atoms with E-state index in [-0.39, 0.29) is 5.92 Å². The van der Waals surface area contributed by atoms with Gasteiger partial charge in [0.1, 0.15) is 5.76 Å². The zero-order valence-corrected chi connectivity index (χ0v) is 10.4. The molecule has 0 aromatic carbocycles. The summed E-state index contributed by atoms with van der Waals surface area (Å²) in [5.41, 5.74) is 0. The second-order valence-electron chi connectivity index (χ2n) is 4.98. The normalized spacial score (nSPS) is 26.4. The lowest BCUT2D eigenvalue weighted by Gasteiger charge is -2.30. The van der Waals surface area contributed by atoms with Crippen molar-refractivity contribution < 1.29 is 4.42 Å². The maximum absolute atomic E-state index is 9.12. The molecule has 1 fully saturated rings. The highest BCUT2D eigenvalue weighted by Crippen LogP contribution is 2.24. The molecule has 1 aromatic heterocycles. The van der Waals surface area contributed by atoms with Gasteiger partial charge in [-0.05, 0) is 31.9 Å². The van der Waals surface area contributed by atoms with Crippen LogP contribution in [0.2, 0.25) is 0 Å². The molecule has 3 nitrogen and oxygen atoms in total. The Morgan fingerprint density at radius 3 is 3.06 bits per heavy atom. The van der Waals surface area contributed by atoms with Crippen LogP contribution in [0.1, 0.15) is 38.4 Å². The summed E-state index contributed by atoms with van der Waals surface area (Å²) in [5.74, 6) is 1.19. The molecule has 1 aliphatic carbocycles. The van der Waals surface area contributed by atoms with Gasteiger partial charge in [-0.15, -0.1) is 0 Å². The van der Waals surface area contributed by atoms with E-state index in [1.807, 2.05) is 12.1 Å². The van der Waals surface area contributed by atoms with Crippen LogP contribution in [0, 0.1) is 17.2 Å². The van der Waals surface area contributed by atoms with Crippen molar-refractivity contribution in [1.29, 1.82) is 5.26 Å². The number of nitrogens with zero attached hydrogens (tertiary/aromatic N) is 1. The molecular weight excluding hydrogens is 212 g/mol. The van der Waals surface area contributed by atoms with E-state index in [2.05, 4.69) is 18.3 Å². The third-order valence-corrected chi connectivity index (χ3v) is 3.52. The van der Waals surface area contributed by atoms with E-state index in [0.29, 0.717) is 12.1 Å². The zero-order valence-electron chi connectivity index (χ0n) is 10.4. The molecule has 0 aliphatic heterocycles. The molecule has 1 aromatic rings. The number of hydrogen-bond acceptors (Lipinski definition) is 3. The lowest BCUT2D eigenvalue weighted by molar-refractivity contribution is 0.286. The number of rotatable bonds is 4. The van der Waals surface area contributed by atoms with E-state index in [0.717, 1.165) is 25.0 Å². The number of nitrogens with one attached hydrogen (secondary N) is 1. The molecule has 1 aliphatic rings. The van der Waals surface area contributed by atoms with Crippen LogP contribution in [0.25, 0.3) is 0 Å². The first-order chi connectivity index (χ1) is 8.29. The Labute approximate surface area is 103 Å². The molecule has 0 saturated heterocycles. The fourth-order valence-electron chi connectivity index (χ4n) is 2.64. The van der Waals surface area contributed by atoms with Crippen LogP contribution in [0.3, 0.4) is 0 Å². The first-order valence-corrected chi connectivity index (χ1v) is 6.47. The van der Waals surface area contributed by atoms with Gasteiger partial charge in [0, 0.05) is 18.5 Å². The lowest BCUT2D eigenvalue weighted by Crippen LogP contribution is -2.43. The molecule has 0 radical (unpaired) electrons. The van der Waals surface area contributed by atoms with Crippen molar-refractivity contribution in [2.24, 2.45) is 5.92 Å². The summed E-state index contributed by atoms with van der Waals surface area (Å²) in [6.45, 7) is 2.16. The fourth-order valence-corrected chi connectivity index (χ4v) is 2.64. The second kappa shape index (κ2) is 5.88. The minimum atomic E-state index is 0.183. The minimum Gasteiger partial charge on any atom is -0.469 e. The molecule has 0 spiro atoms. The number of nitriles is 1. The predicted octanol–water partition coefficient (Wildman–Crippen LogP) is 2.88. The van der Waals surface area contributed by atoms with Crippen molar-refractivity contribution >= 4 is 0 Å². The molecule has 1 heterocycles. The Bertz CT molecular complexity index is 366. The molecule has 3 unspecified atom stereocenters. The Balaban J connectivity index is 1.84. The quantitative estimate of drug-likeness (QED) is 0.868. The average molecular weight is 232 g/mol. The van der Waals surface area contributed by atoms with Crippen molar-refractivity contribution in [3.05, 3.63) is 24.2 Å². The molecule has 92 valence electrons. The van der Waals surface area contributed by atoms with Gasteiger partial charge in [-0.3, -0.25) is 0 Å². The number of furan rings is 1. The maximum atomic E-state index is 9.12. The highest BCUT2D eigenvalue weighted by Gasteiger charge is 2.25. The van der Waals surface area contributed by atoms with Crippen molar-refractivity contribution in [3.63, 3.8) is 0 Å². The van der Waals surface area contributed by atoms with E-state index in [4.69, 9.17) is 9.68 Å². The Morgan fingerprint density at radius 1 is 1.53 bits per heavy atom. The van der Waals surface area contributed by atoms with Gasteiger partial charge in [-0.25, -0.2) is 0 Å². The SMILES string of the molecule is CC(Cc1ccco1)NC1CCCCC1C#N. The molecule has 1 N–H and O–H groups in total. The Kier molecular flexibility index (Phi) is 4.22. The molecule has 3 heteroatoms. The van der Waals surface area contributed by atoms with Gasteiger partial charge in [0.25, 0.3) is 0 Å². The summed E-state index contributed by atoms with van der Waals surface area (Å²) in [6.07, 6.45) is 7.21. The standard InChI is InChI=1S/C14H20N2O/c1-11(9-13-6-4-8-17-13)16-14-7-3-2-5-12(14)10-15/h4,6,8,11-12,14,16H,2-3,5,7,9H2,1H3. The van der Waals surface area contributed by atoms with Crippen LogP contribution in [-0.4, -0.2) is 12.1 Å². The first kappa shape index (κ1) is 12.2. The third kappa shape index (κ3) is 3.34. The van der Waals surface area contributed by atoms with Crippen LogP contribution in [0.4, 0.5) is 0 Å². The first-order valence-electron chi connectivity index (χ1n) is 6.47. The van der Waals surface area contributed by atoms with Crippen molar-refractivity contribution in [3.8, 4) is 6.07 Å². The van der Waals surface area contributed by atoms with Crippen LogP contribution >= 0.6 is 0 Å². The van der Waals surface area contributed by atoms with E-state index < -0.39 is 0 Å². The summed E-state index contributed by atoms with van der Waals surface area (Å²) in [5, 5.41) is 12.7. The van der Waals surface area contributed by atoms with E-state index in [1.165, 1.54) is 12.8 Å². The summed E-state index contributed by atoms with van der Waals surface area (Å²) >= 11 is 0. The van der Waals surface area contributed by atoms with Gasteiger partial charge in [0.05, 0.1) is 18.3 Å². The van der Waals surface area contributed by atoms with Gasteiger partial charge < -0.3 is 9.73 Å². The van der Waals surface area contributed by atoms with Gasteiger partial charge >= 0.3 is 0 Å². The van der Waals surface area contributed by atoms with E-state index >= 15 is 0 Å². The monoisotopic (exact) mass is 232 g/mol. The van der Waals surface area contributed by atoms with Gasteiger partial charge in [0.2, 0.25) is 0 Å². The van der Waals surface area contributed by atoms with Gasteiger partial charge in [-0.1, -0.05) is 12.8 Å². The van der Waals surface area contributed by atoms with Crippen LogP contribution in [0.5, 0.6) is 0 Å². The van der Waals surface area contributed by atoms with Crippen LogP contribution in [0.15, 0.2) is 22.8 Å². The largest absolute Gasteiger partial charge is 0.469 e. The minimum absolute atomic E-state index is 0.183. The molecule has 0 bridgehead atoms. The molecule has 0 amide bonds. The summed E-state index contributed by atoms with van der Waals surface area (Å²) < 4.78 is 5.34. The maximum Gasteiger partial charge on any atom is 0.105 e. The fraction of sp³-hybridized carbons (Fsp3) is 0.643. The van der Waals surface area contributed by atoms with E-state index in [9.17, 15) is 0 Å². The van der Waals surface area contributed by atoms with Crippen molar-refractivity contribution in [1.82, 2.24) is 5.32 Å². The smallest absolute Gasteiger partial charge is 0.105 e. The lowest BCUT2D eigenvalue weighted by atomic mass is 9.85. The topological polar surface area (TPSA) is 49.0 Å². The van der Waals surface area contributed by atoms with E-state index in [1.54, 1.807) is 6.26 Å². The zero-order chi connectivity index (χ0) is 12.1. The Hall–Kier alpha value is -1.27. The molecule has 1 saturated carbocycles. The molecule has 17 heavy (non-hydrogen) atoms. The van der Waals surface area contributed by atoms with Crippen LogP contribution in [-0.2, 0) is 6.42 Å². The molecule has 2 rings (SSSR count). The number of hydrogen-bond donors (Lipinski definition) is 1. The molecular formula is C14H20N2O. The van der Waals surface area contributed by atoms with Crippen molar-refractivity contribution in [2.75, 3.05) is 0 Å². The highest BCUT2D eigenvalue weighted by atomic mass is 16.3. The second-order valence-corrected chi connectivity index (χ2v) is 4.98. The summed E-state index contributed by atoms with van der Waals surface area (Å²) in [7, 11) is 0. The predicted molar refractivity (Wildman–Crippen MR) is 66.4 cm³/mol. The van der Waals surface area contributed by atoms with Gasteiger partial charge in [0.15, 0.2) is 0 Å². The van der Waals surface area contributed by atoms with Crippen LogP contribution < -0.4 is 5.32 Å². The highest BCUT2D eigenvalue weighted by molar-refractivity contribution is 5.01. The summed E-state index contributed by atoms with van der Waals surface area (Å²) in [6, 6.07) is 7.07. The Morgan fingerprint density at radius 2 is 2.35 bits per heavy atom. The summed E-state index contributed by atoms with van der Waals surface area (Å²) in [4.78, 5) is 0. The van der Waals surface area contributed by atoms with Crippen molar-refractivity contribution in [2.45, 2.75) is 51.1 Å².